The molecule has 6 heteroatoms. The molecule has 1 aromatic carbocycles. The third-order valence-corrected chi connectivity index (χ3v) is 3.74. The second kappa shape index (κ2) is 6.48. The van der Waals surface area contributed by atoms with E-state index in [9.17, 15) is 0 Å². The summed E-state index contributed by atoms with van der Waals surface area (Å²) in [5.74, 6) is 0.747. The summed E-state index contributed by atoms with van der Waals surface area (Å²) in [4.78, 5) is 0. The Morgan fingerprint density at radius 1 is 1.30 bits per heavy atom. The van der Waals surface area contributed by atoms with Crippen molar-refractivity contribution in [1.29, 1.82) is 0 Å². The third kappa shape index (κ3) is 3.66. The fourth-order valence-corrected chi connectivity index (χ4v) is 2.31. The van der Waals surface area contributed by atoms with Crippen LogP contribution in [0.5, 0.6) is 5.75 Å². The lowest BCUT2D eigenvalue weighted by atomic mass is 10.1. The molecule has 0 saturated carbocycles. The molecule has 20 heavy (non-hydrogen) atoms. The molecule has 2 aromatic rings. The molecule has 0 radical (unpaired) electrons. The maximum Gasteiger partial charge on any atom is 0.119 e. The Morgan fingerprint density at radius 2 is 1.95 bits per heavy atom. The van der Waals surface area contributed by atoms with Crippen LogP contribution in [0, 0.1) is 6.92 Å². The van der Waals surface area contributed by atoms with Gasteiger partial charge in [0.15, 0.2) is 0 Å². The van der Waals surface area contributed by atoms with Crippen molar-refractivity contribution in [2.75, 3.05) is 6.61 Å². The molecular formula is C14H17Cl2N3O. The molecule has 0 bridgehead atoms. The van der Waals surface area contributed by atoms with Crippen LogP contribution in [-0.4, -0.2) is 22.4 Å². The van der Waals surface area contributed by atoms with E-state index in [1.165, 1.54) is 0 Å². The number of nitrogens with zero attached hydrogens (tertiary/aromatic N) is 2. The SMILES string of the molecule is Cc1nn(C)c(CC(N)COc2ccc(Cl)cc2)c1Cl. The van der Waals surface area contributed by atoms with Crippen LogP contribution in [0.3, 0.4) is 0 Å². The van der Waals surface area contributed by atoms with E-state index in [0.29, 0.717) is 23.1 Å². The van der Waals surface area contributed by atoms with Crippen molar-refractivity contribution in [3.63, 3.8) is 0 Å². The van der Waals surface area contributed by atoms with Crippen molar-refractivity contribution >= 4 is 23.2 Å². The highest BCUT2D eigenvalue weighted by Crippen LogP contribution is 2.21. The second-order valence-electron chi connectivity index (χ2n) is 4.70. The van der Waals surface area contributed by atoms with E-state index in [0.717, 1.165) is 17.1 Å². The van der Waals surface area contributed by atoms with Crippen LogP contribution >= 0.6 is 23.2 Å². The average molecular weight is 314 g/mol. The van der Waals surface area contributed by atoms with Crippen LogP contribution in [0.2, 0.25) is 10.0 Å². The minimum absolute atomic E-state index is 0.155. The number of hydrogen-bond donors (Lipinski definition) is 1. The lowest BCUT2D eigenvalue weighted by molar-refractivity contribution is 0.286. The molecule has 1 aromatic heterocycles. The van der Waals surface area contributed by atoms with Gasteiger partial charge in [-0.25, -0.2) is 0 Å². The van der Waals surface area contributed by atoms with Crippen molar-refractivity contribution < 1.29 is 4.74 Å². The molecule has 1 unspecified atom stereocenters. The zero-order valence-electron chi connectivity index (χ0n) is 11.4. The lowest BCUT2D eigenvalue weighted by Crippen LogP contribution is -2.31. The van der Waals surface area contributed by atoms with E-state index in [2.05, 4.69) is 5.10 Å². The first-order chi connectivity index (χ1) is 9.47. The Bertz CT molecular complexity index is 581. The van der Waals surface area contributed by atoms with Gasteiger partial charge >= 0.3 is 0 Å². The van der Waals surface area contributed by atoms with Gasteiger partial charge in [0, 0.05) is 24.5 Å². The molecule has 0 aliphatic heterocycles. The Labute approximate surface area is 128 Å². The van der Waals surface area contributed by atoms with Crippen LogP contribution in [0.1, 0.15) is 11.4 Å². The summed E-state index contributed by atoms with van der Waals surface area (Å²) in [5, 5.41) is 5.62. The van der Waals surface area contributed by atoms with Crippen molar-refractivity contribution in [3.8, 4) is 5.75 Å². The van der Waals surface area contributed by atoms with Gasteiger partial charge in [-0.2, -0.15) is 5.10 Å². The van der Waals surface area contributed by atoms with Crippen molar-refractivity contribution in [2.45, 2.75) is 19.4 Å². The van der Waals surface area contributed by atoms with Gasteiger partial charge in [0.1, 0.15) is 12.4 Å². The van der Waals surface area contributed by atoms with Gasteiger partial charge in [-0.3, -0.25) is 4.68 Å². The van der Waals surface area contributed by atoms with E-state index in [1.54, 1.807) is 16.8 Å². The number of hydrogen-bond acceptors (Lipinski definition) is 3. The topological polar surface area (TPSA) is 53.1 Å². The Hall–Kier alpha value is -1.23. The number of halogens is 2. The number of aryl methyl sites for hydroxylation is 2. The van der Waals surface area contributed by atoms with Crippen LogP contribution in [0.4, 0.5) is 0 Å². The first-order valence-electron chi connectivity index (χ1n) is 6.29. The van der Waals surface area contributed by atoms with Gasteiger partial charge < -0.3 is 10.5 Å². The predicted octanol–water partition coefficient (Wildman–Crippen LogP) is 2.98. The fourth-order valence-electron chi connectivity index (χ4n) is 1.94. The molecule has 1 atom stereocenters. The van der Waals surface area contributed by atoms with Crippen LogP contribution in [0.15, 0.2) is 24.3 Å². The van der Waals surface area contributed by atoms with Crippen molar-refractivity contribution in [1.82, 2.24) is 9.78 Å². The Balaban J connectivity index is 1.92. The van der Waals surface area contributed by atoms with E-state index in [-0.39, 0.29) is 6.04 Å². The van der Waals surface area contributed by atoms with E-state index in [4.69, 9.17) is 33.7 Å². The van der Waals surface area contributed by atoms with Gasteiger partial charge in [-0.15, -0.1) is 0 Å². The minimum Gasteiger partial charge on any atom is -0.492 e. The third-order valence-electron chi connectivity index (χ3n) is 2.99. The monoisotopic (exact) mass is 313 g/mol. The first kappa shape index (κ1) is 15.2. The zero-order chi connectivity index (χ0) is 14.7. The number of nitrogens with two attached hydrogens (primary N) is 1. The van der Waals surface area contributed by atoms with Crippen molar-refractivity contribution in [2.24, 2.45) is 12.8 Å². The second-order valence-corrected chi connectivity index (χ2v) is 5.51. The fraction of sp³-hybridized carbons (Fsp3) is 0.357. The molecule has 2 N–H and O–H groups in total. The molecule has 0 amide bonds. The summed E-state index contributed by atoms with van der Waals surface area (Å²) in [5.41, 5.74) is 7.82. The standard InChI is InChI=1S/C14H17Cl2N3O/c1-9-14(16)13(19(2)18-9)7-11(17)8-20-12-5-3-10(15)4-6-12/h3-6,11H,7-8,17H2,1-2H3. The van der Waals surface area contributed by atoms with Gasteiger partial charge in [0.25, 0.3) is 0 Å². The molecule has 1 heterocycles. The molecule has 0 aliphatic carbocycles. The van der Waals surface area contributed by atoms with Gasteiger partial charge in [-0.1, -0.05) is 23.2 Å². The van der Waals surface area contributed by atoms with Crippen LogP contribution in [0.25, 0.3) is 0 Å². The molecule has 2 rings (SSSR count). The largest absolute Gasteiger partial charge is 0.492 e. The van der Waals surface area contributed by atoms with Crippen LogP contribution < -0.4 is 10.5 Å². The molecule has 4 nitrogen and oxygen atoms in total. The lowest BCUT2D eigenvalue weighted by Gasteiger charge is -2.13. The number of aromatic nitrogens is 2. The molecule has 0 aliphatic rings. The predicted molar refractivity (Wildman–Crippen MR) is 81.6 cm³/mol. The van der Waals surface area contributed by atoms with Gasteiger partial charge in [0.05, 0.1) is 16.4 Å². The Morgan fingerprint density at radius 3 is 2.50 bits per heavy atom. The maximum atomic E-state index is 6.20. The highest BCUT2D eigenvalue weighted by molar-refractivity contribution is 6.31. The maximum absolute atomic E-state index is 6.20. The van der Waals surface area contributed by atoms with Gasteiger partial charge in [-0.05, 0) is 31.2 Å². The summed E-state index contributed by atoms with van der Waals surface area (Å²) in [6.45, 7) is 2.28. The van der Waals surface area contributed by atoms with E-state index in [1.807, 2.05) is 26.1 Å². The molecule has 108 valence electrons. The number of benzene rings is 1. The summed E-state index contributed by atoms with van der Waals surface area (Å²) in [6, 6.07) is 7.04. The Kier molecular flexibility index (Phi) is 4.91. The van der Waals surface area contributed by atoms with Crippen molar-refractivity contribution in [3.05, 3.63) is 45.7 Å². The van der Waals surface area contributed by atoms with E-state index >= 15 is 0 Å². The average Bonchev–Trinajstić information content (AvgIpc) is 2.65. The quantitative estimate of drug-likeness (QED) is 0.923. The highest BCUT2D eigenvalue weighted by atomic mass is 35.5. The number of ether oxygens (including phenoxy) is 1. The summed E-state index contributed by atoms with van der Waals surface area (Å²) < 4.78 is 7.39. The van der Waals surface area contributed by atoms with Crippen LogP contribution in [-0.2, 0) is 13.5 Å². The normalized spacial score (nSPS) is 12.4. The smallest absolute Gasteiger partial charge is 0.119 e. The molecule has 0 spiro atoms. The minimum atomic E-state index is -0.155. The summed E-state index contributed by atoms with van der Waals surface area (Å²) in [7, 11) is 1.86. The summed E-state index contributed by atoms with van der Waals surface area (Å²) in [6.07, 6.45) is 0.615. The molecule has 0 fully saturated rings. The molecule has 0 saturated heterocycles. The zero-order valence-corrected chi connectivity index (χ0v) is 12.9. The van der Waals surface area contributed by atoms with E-state index < -0.39 is 0 Å². The summed E-state index contributed by atoms with van der Waals surface area (Å²) >= 11 is 12.0. The number of rotatable bonds is 5. The highest BCUT2D eigenvalue weighted by Gasteiger charge is 2.15. The molecular weight excluding hydrogens is 297 g/mol. The van der Waals surface area contributed by atoms with Gasteiger partial charge in [0.2, 0.25) is 0 Å². The first-order valence-corrected chi connectivity index (χ1v) is 7.05.